The van der Waals surface area contributed by atoms with Crippen LogP contribution in [0.2, 0.25) is 5.15 Å². The van der Waals surface area contributed by atoms with Gasteiger partial charge in [0.25, 0.3) is 0 Å². The van der Waals surface area contributed by atoms with Crippen LogP contribution in [0.3, 0.4) is 0 Å². The summed E-state index contributed by atoms with van der Waals surface area (Å²) in [5.74, 6) is 0.988. The van der Waals surface area contributed by atoms with E-state index in [2.05, 4.69) is 15.2 Å². The fourth-order valence-electron chi connectivity index (χ4n) is 4.01. The average molecular weight is 430 g/mol. The Kier molecular flexibility index (Phi) is 5.15. The molecule has 3 heterocycles. The SMILES string of the molecule is Fc1ccc(CC2CCN(c3nc4cnc(Cl)cc4nc3NC3CC3)CC2)c(F)c1. The van der Waals surface area contributed by atoms with Gasteiger partial charge in [-0.15, -0.1) is 0 Å². The fraction of sp³-hybridized carbons (Fsp3) is 0.409. The molecule has 1 aliphatic carbocycles. The first kappa shape index (κ1) is 19.4. The summed E-state index contributed by atoms with van der Waals surface area (Å²) in [7, 11) is 0. The second kappa shape index (κ2) is 7.95. The van der Waals surface area contributed by atoms with E-state index in [4.69, 9.17) is 21.6 Å². The van der Waals surface area contributed by atoms with Gasteiger partial charge in [-0.1, -0.05) is 17.7 Å². The molecule has 1 saturated heterocycles. The zero-order valence-electron chi connectivity index (χ0n) is 16.4. The van der Waals surface area contributed by atoms with Gasteiger partial charge in [0.15, 0.2) is 11.6 Å². The Morgan fingerprint density at radius 1 is 1.03 bits per heavy atom. The number of hydrogen-bond donors (Lipinski definition) is 1. The van der Waals surface area contributed by atoms with E-state index in [-0.39, 0.29) is 0 Å². The van der Waals surface area contributed by atoms with Gasteiger partial charge in [-0.3, -0.25) is 0 Å². The molecule has 1 saturated carbocycles. The molecule has 30 heavy (non-hydrogen) atoms. The van der Waals surface area contributed by atoms with E-state index in [9.17, 15) is 8.78 Å². The van der Waals surface area contributed by atoms with Gasteiger partial charge in [-0.05, 0) is 49.7 Å². The Balaban J connectivity index is 1.34. The number of halogens is 3. The standard InChI is InChI=1S/C22H22ClF2N5/c23-20-11-18-19(12-26-20)29-22(21(28-18)27-16-3-4-16)30-7-5-13(6-8-30)9-14-1-2-15(24)10-17(14)25/h1-2,10-13,16H,3-9H2,(H,27,28). The molecule has 1 aliphatic heterocycles. The average Bonchev–Trinajstić information content (AvgIpc) is 3.54. The maximum Gasteiger partial charge on any atom is 0.172 e. The van der Waals surface area contributed by atoms with Crippen LogP contribution in [0.15, 0.2) is 30.5 Å². The first-order valence-electron chi connectivity index (χ1n) is 10.3. The first-order valence-corrected chi connectivity index (χ1v) is 10.7. The van der Waals surface area contributed by atoms with Gasteiger partial charge in [-0.2, -0.15) is 0 Å². The van der Waals surface area contributed by atoms with Crippen molar-refractivity contribution in [2.45, 2.75) is 38.1 Å². The summed E-state index contributed by atoms with van der Waals surface area (Å²) in [4.78, 5) is 16.0. The molecule has 5 rings (SSSR count). The van der Waals surface area contributed by atoms with Crippen molar-refractivity contribution in [3.05, 3.63) is 52.8 Å². The molecule has 1 N–H and O–H groups in total. The van der Waals surface area contributed by atoms with Crippen molar-refractivity contribution < 1.29 is 8.78 Å². The molecule has 0 atom stereocenters. The van der Waals surface area contributed by atoms with Crippen LogP contribution in [0.5, 0.6) is 0 Å². The van der Waals surface area contributed by atoms with Crippen molar-refractivity contribution in [2.75, 3.05) is 23.3 Å². The normalized spacial score (nSPS) is 17.5. The highest BCUT2D eigenvalue weighted by molar-refractivity contribution is 6.29. The maximum absolute atomic E-state index is 14.0. The van der Waals surface area contributed by atoms with E-state index >= 15 is 0 Å². The van der Waals surface area contributed by atoms with Crippen LogP contribution in [-0.2, 0) is 6.42 Å². The number of nitrogens with zero attached hydrogens (tertiary/aromatic N) is 4. The predicted molar refractivity (Wildman–Crippen MR) is 114 cm³/mol. The lowest BCUT2D eigenvalue weighted by molar-refractivity contribution is 0.396. The van der Waals surface area contributed by atoms with Crippen molar-refractivity contribution in [3.63, 3.8) is 0 Å². The molecule has 2 fully saturated rings. The van der Waals surface area contributed by atoms with E-state index < -0.39 is 11.6 Å². The van der Waals surface area contributed by atoms with E-state index in [0.717, 1.165) is 62.0 Å². The Morgan fingerprint density at radius 3 is 2.57 bits per heavy atom. The minimum Gasteiger partial charge on any atom is -0.364 e. The van der Waals surface area contributed by atoms with Gasteiger partial charge in [-0.25, -0.2) is 23.7 Å². The van der Waals surface area contributed by atoms with E-state index in [1.807, 2.05) is 0 Å². The molecule has 1 aromatic carbocycles. The van der Waals surface area contributed by atoms with Crippen LogP contribution in [-0.4, -0.2) is 34.1 Å². The summed E-state index contributed by atoms with van der Waals surface area (Å²) in [6, 6.07) is 6.03. The van der Waals surface area contributed by atoms with Gasteiger partial charge in [0, 0.05) is 31.3 Å². The van der Waals surface area contributed by atoms with Gasteiger partial charge in [0.2, 0.25) is 0 Å². The number of pyridine rings is 1. The first-order chi connectivity index (χ1) is 14.5. The van der Waals surface area contributed by atoms with Crippen LogP contribution in [0.1, 0.15) is 31.2 Å². The van der Waals surface area contributed by atoms with Crippen LogP contribution in [0.25, 0.3) is 11.0 Å². The van der Waals surface area contributed by atoms with Gasteiger partial charge in [0.1, 0.15) is 22.3 Å². The predicted octanol–water partition coefficient (Wildman–Crippen LogP) is 4.99. The third-order valence-electron chi connectivity index (χ3n) is 5.85. The molecule has 2 aromatic heterocycles. The Hall–Kier alpha value is -2.54. The minimum absolute atomic E-state index is 0.356. The highest BCUT2D eigenvalue weighted by Gasteiger charge is 2.28. The molecule has 2 aliphatic rings. The van der Waals surface area contributed by atoms with Crippen molar-refractivity contribution in [1.82, 2.24) is 15.0 Å². The molecule has 5 nitrogen and oxygen atoms in total. The van der Waals surface area contributed by atoms with Crippen molar-refractivity contribution in [2.24, 2.45) is 5.92 Å². The number of nitrogens with one attached hydrogen (secondary N) is 1. The summed E-state index contributed by atoms with van der Waals surface area (Å²) in [5.41, 5.74) is 2.02. The van der Waals surface area contributed by atoms with Crippen LogP contribution < -0.4 is 10.2 Å². The molecular formula is C22H22ClF2N5. The molecule has 0 amide bonds. The monoisotopic (exact) mass is 429 g/mol. The van der Waals surface area contributed by atoms with Crippen molar-refractivity contribution in [3.8, 4) is 0 Å². The molecule has 0 spiro atoms. The fourth-order valence-corrected chi connectivity index (χ4v) is 4.16. The molecule has 3 aromatic rings. The number of anilines is 2. The van der Waals surface area contributed by atoms with Crippen molar-refractivity contribution >= 4 is 34.3 Å². The lowest BCUT2D eigenvalue weighted by atomic mass is 9.90. The third kappa shape index (κ3) is 4.17. The van der Waals surface area contributed by atoms with Gasteiger partial charge in [0.05, 0.1) is 11.7 Å². The number of fused-ring (bicyclic) bond motifs is 1. The second-order valence-electron chi connectivity index (χ2n) is 8.18. The zero-order valence-corrected chi connectivity index (χ0v) is 17.2. The third-order valence-corrected chi connectivity index (χ3v) is 6.06. The number of piperidine rings is 1. The van der Waals surface area contributed by atoms with Gasteiger partial charge < -0.3 is 10.2 Å². The minimum atomic E-state index is -0.535. The summed E-state index contributed by atoms with van der Waals surface area (Å²) in [5, 5.41) is 3.89. The van der Waals surface area contributed by atoms with E-state index in [1.54, 1.807) is 18.3 Å². The topological polar surface area (TPSA) is 53.9 Å². The van der Waals surface area contributed by atoms with Crippen LogP contribution in [0.4, 0.5) is 20.4 Å². The Bertz CT molecular complexity index is 1080. The lowest BCUT2D eigenvalue weighted by Crippen LogP contribution is -2.35. The molecular weight excluding hydrogens is 408 g/mol. The number of benzene rings is 1. The number of rotatable bonds is 5. The second-order valence-corrected chi connectivity index (χ2v) is 8.57. The molecule has 0 unspecified atom stereocenters. The Morgan fingerprint density at radius 2 is 1.83 bits per heavy atom. The quantitative estimate of drug-likeness (QED) is 0.579. The molecule has 0 bridgehead atoms. The van der Waals surface area contributed by atoms with Crippen LogP contribution in [0, 0.1) is 17.6 Å². The van der Waals surface area contributed by atoms with E-state index in [0.29, 0.717) is 34.6 Å². The largest absolute Gasteiger partial charge is 0.364 e. The highest BCUT2D eigenvalue weighted by Crippen LogP contribution is 2.33. The Labute approximate surface area is 178 Å². The lowest BCUT2D eigenvalue weighted by Gasteiger charge is -2.33. The van der Waals surface area contributed by atoms with Crippen molar-refractivity contribution in [1.29, 1.82) is 0 Å². The zero-order chi connectivity index (χ0) is 20.7. The van der Waals surface area contributed by atoms with E-state index in [1.165, 1.54) is 6.07 Å². The summed E-state index contributed by atoms with van der Waals surface area (Å²) < 4.78 is 27.2. The summed E-state index contributed by atoms with van der Waals surface area (Å²) >= 11 is 6.02. The molecule has 8 heteroatoms. The summed E-state index contributed by atoms with van der Waals surface area (Å²) in [6.45, 7) is 1.63. The molecule has 0 radical (unpaired) electrons. The molecule has 156 valence electrons. The number of hydrogen-bond acceptors (Lipinski definition) is 5. The summed E-state index contributed by atoms with van der Waals surface area (Å²) in [6.07, 6.45) is 6.39. The smallest absolute Gasteiger partial charge is 0.172 e. The van der Waals surface area contributed by atoms with Gasteiger partial charge >= 0.3 is 0 Å². The highest BCUT2D eigenvalue weighted by atomic mass is 35.5. The van der Waals surface area contributed by atoms with Crippen LogP contribution >= 0.6 is 11.6 Å². The number of aromatic nitrogens is 3. The maximum atomic E-state index is 14.0.